The van der Waals surface area contributed by atoms with Gasteiger partial charge in [-0.05, 0) is 63.5 Å². The molecule has 5 nitrogen and oxygen atoms in total. The fraction of sp³-hybridized carbons (Fsp3) is 0.947. The van der Waals surface area contributed by atoms with E-state index in [1.807, 2.05) is 0 Å². The Morgan fingerprint density at radius 3 is 2.79 bits per heavy atom. The highest BCUT2D eigenvalue weighted by Gasteiger charge is 2.40. The summed E-state index contributed by atoms with van der Waals surface area (Å²) in [6.07, 6.45) is 9.45. The molecule has 3 rings (SSSR count). The van der Waals surface area contributed by atoms with Gasteiger partial charge in [-0.3, -0.25) is 4.79 Å². The van der Waals surface area contributed by atoms with Gasteiger partial charge < -0.3 is 19.3 Å². The summed E-state index contributed by atoms with van der Waals surface area (Å²) in [5, 5.41) is 0. The lowest BCUT2D eigenvalue weighted by Crippen LogP contribution is -2.52. The van der Waals surface area contributed by atoms with Gasteiger partial charge in [-0.25, -0.2) is 0 Å². The molecule has 1 unspecified atom stereocenters. The summed E-state index contributed by atoms with van der Waals surface area (Å²) in [5.74, 6) is 0.342. The lowest BCUT2D eigenvalue weighted by molar-refractivity contribution is -0.139. The van der Waals surface area contributed by atoms with Crippen LogP contribution in [-0.4, -0.2) is 74.9 Å². The van der Waals surface area contributed by atoms with Crippen LogP contribution in [0.2, 0.25) is 0 Å². The topological polar surface area (TPSA) is 42.0 Å². The van der Waals surface area contributed by atoms with Gasteiger partial charge in [0, 0.05) is 46.4 Å². The molecule has 0 radical (unpaired) electrons. The lowest BCUT2D eigenvalue weighted by atomic mass is 9.72. The second kappa shape index (κ2) is 8.63. The number of carbonyl (C=O) groups excluding carboxylic acids is 1. The van der Waals surface area contributed by atoms with Gasteiger partial charge in [0.15, 0.2) is 0 Å². The van der Waals surface area contributed by atoms with Gasteiger partial charge >= 0.3 is 0 Å². The highest BCUT2D eigenvalue weighted by atomic mass is 16.5. The van der Waals surface area contributed by atoms with E-state index in [4.69, 9.17) is 9.47 Å². The zero-order chi connectivity index (χ0) is 16.8. The van der Waals surface area contributed by atoms with Crippen molar-refractivity contribution in [3.05, 3.63) is 0 Å². The molecule has 0 aromatic rings. The highest BCUT2D eigenvalue weighted by molar-refractivity contribution is 5.77. The molecule has 0 aromatic heterocycles. The Labute approximate surface area is 146 Å². The number of hydrogen-bond donors (Lipinski definition) is 0. The SMILES string of the molecule is COCCCN1CC2(CCC1=O)CCN(CC1CCCCO1)CC2. The van der Waals surface area contributed by atoms with Crippen LogP contribution in [0.3, 0.4) is 0 Å². The number of amides is 1. The van der Waals surface area contributed by atoms with Gasteiger partial charge in [0.2, 0.25) is 5.91 Å². The van der Waals surface area contributed by atoms with Crippen molar-refractivity contribution in [1.29, 1.82) is 0 Å². The molecule has 3 saturated heterocycles. The number of piperidine rings is 2. The van der Waals surface area contributed by atoms with E-state index >= 15 is 0 Å². The standard InChI is InChI=1S/C19H34N2O3/c1-23-13-4-10-21-16-19(7-6-18(21)22)8-11-20(12-9-19)15-17-5-2-3-14-24-17/h17H,2-16H2,1H3. The summed E-state index contributed by atoms with van der Waals surface area (Å²) in [4.78, 5) is 16.9. The predicted molar refractivity (Wildman–Crippen MR) is 94.0 cm³/mol. The molecule has 138 valence electrons. The molecule has 5 heteroatoms. The van der Waals surface area contributed by atoms with Crippen LogP contribution in [0.15, 0.2) is 0 Å². The molecule has 0 bridgehead atoms. The molecular weight excluding hydrogens is 304 g/mol. The molecule has 1 atom stereocenters. The third-order valence-corrected chi connectivity index (χ3v) is 6.18. The van der Waals surface area contributed by atoms with E-state index in [2.05, 4.69) is 9.80 Å². The monoisotopic (exact) mass is 338 g/mol. The fourth-order valence-electron chi connectivity index (χ4n) is 4.56. The van der Waals surface area contributed by atoms with Crippen molar-refractivity contribution in [3.63, 3.8) is 0 Å². The van der Waals surface area contributed by atoms with Gasteiger partial charge in [0.1, 0.15) is 0 Å². The average Bonchev–Trinajstić information content (AvgIpc) is 2.61. The Morgan fingerprint density at radius 2 is 2.08 bits per heavy atom. The predicted octanol–water partition coefficient (Wildman–Crippen LogP) is 2.30. The molecule has 3 aliphatic rings. The summed E-state index contributed by atoms with van der Waals surface area (Å²) < 4.78 is 11.0. The summed E-state index contributed by atoms with van der Waals surface area (Å²) in [6.45, 7) is 6.94. The summed E-state index contributed by atoms with van der Waals surface area (Å²) in [7, 11) is 1.73. The van der Waals surface area contributed by atoms with E-state index in [0.29, 0.717) is 17.4 Å². The highest BCUT2D eigenvalue weighted by Crippen LogP contribution is 2.40. The number of methoxy groups -OCH3 is 1. The first-order valence-electron chi connectivity index (χ1n) is 9.81. The minimum absolute atomic E-state index is 0.342. The Hall–Kier alpha value is -0.650. The van der Waals surface area contributed by atoms with Gasteiger partial charge in [-0.15, -0.1) is 0 Å². The van der Waals surface area contributed by atoms with E-state index in [1.165, 1.54) is 45.2 Å². The van der Waals surface area contributed by atoms with E-state index < -0.39 is 0 Å². The van der Waals surface area contributed by atoms with E-state index in [9.17, 15) is 4.79 Å². The van der Waals surface area contributed by atoms with Crippen LogP contribution in [0.25, 0.3) is 0 Å². The van der Waals surface area contributed by atoms with Crippen LogP contribution in [0.5, 0.6) is 0 Å². The van der Waals surface area contributed by atoms with Gasteiger partial charge in [-0.1, -0.05) is 0 Å². The number of hydrogen-bond acceptors (Lipinski definition) is 4. The number of rotatable bonds is 6. The van der Waals surface area contributed by atoms with Gasteiger partial charge in [0.05, 0.1) is 6.10 Å². The van der Waals surface area contributed by atoms with Crippen molar-refractivity contribution in [2.45, 2.75) is 57.5 Å². The summed E-state index contributed by atoms with van der Waals surface area (Å²) in [5.41, 5.74) is 0.366. The Balaban J connectivity index is 1.46. The zero-order valence-corrected chi connectivity index (χ0v) is 15.3. The maximum Gasteiger partial charge on any atom is 0.222 e. The Kier molecular flexibility index (Phi) is 6.53. The molecule has 0 saturated carbocycles. The minimum atomic E-state index is 0.342. The summed E-state index contributed by atoms with van der Waals surface area (Å²) >= 11 is 0. The van der Waals surface area contributed by atoms with Crippen molar-refractivity contribution >= 4 is 5.91 Å². The average molecular weight is 338 g/mol. The molecule has 3 heterocycles. The largest absolute Gasteiger partial charge is 0.385 e. The van der Waals surface area contributed by atoms with Crippen molar-refractivity contribution in [1.82, 2.24) is 9.80 Å². The smallest absolute Gasteiger partial charge is 0.222 e. The molecule has 3 fully saturated rings. The molecule has 1 amide bonds. The number of likely N-dealkylation sites (tertiary alicyclic amines) is 2. The molecule has 3 aliphatic heterocycles. The van der Waals surface area contributed by atoms with Crippen molar-refractivity contribution in [2.75, 3.05) is 53.0 Å². The van der Waals surface area contributed by atoms with Crippen LogP contribution in [0.4, 0.5) is 0 Å². The normalized spacial score (nSPS) is 28.5. The van der Waals surface area contributed by atoms with Crippen LogP contribution in [0, 0.1) is 5.41 Å². The van der Waals surface area contributed by atoms with Crippen molar-refractivity contribution < 1.29 is 14.3 Å². The maximum atomic E-state index is 12.2. The lowest BCUT2D eigenvalue weighted by Gasteiger charge is -2.48. The minimum Gasteiger partial charge on any atom is -0.385 e. The van der Waals surface area contributed by atoms with E-state index in [1.54, 1.807) is 7.11 Å². The van der Waals surface area contributed by atoms with E-state index in [-0.39, 0.29) is 0 Å². The second-order valence-electron chi connectivity index (χ2n) is 7.95. The van der Waals surface area contributed by atoms with Gasteiger partial charge in [0.25, 0.3) is 0 Å². The van der Waals surface area contributed by atoms with Crippen LogP contribution >= 0.6 is 0 Å². The molecule has 0 aromatic carbocycles. The number of carbonyl (C=O) groups is 1. The third-order valence-electron chi connectivity index (χ3n) is 6.18. The third kappa shape index (κ3) is 4.70. The number of ether oxygens (including phenoxy) is 2. The second-order valence-corrected chi connectivity index (χ2v) is 7.95. The first-order valence-corrected chi connectivity index (χ1v) is 9.81. The molecule has 1 spiro atoms. The first-order chi connectivity index (χ1) is 11.7. The molecule has 0 N–H and O–H groups in total. The maximum absolute atomic E-state index is 12.2. The van der Waals surface area contributed by atoms with Crippen LogP contribution < -0.4 is 0 Å². The number of nitrogens with zero attached hydrogens (tertiary/aromatic N) is 2. The quantitative estimate of drug-likeness (QED) is 0.697. The van der Waals surface area contributed by atoms with Crippen molar-refractivity contribution in [3.8, 4) is 0 Å². The van der Waals surface area contributed by atoms with Gasteiger partial charge in [-0.2, -0.15) is 0 Å². The molecular formula is C19H34N2O3. The molecule has 0 aliphatic carbocycles. The van der Waals surface area contributed by atoms with Crippen LogP contribution in [-0.2, 0) is 14.3 Å². The Morgan fingerprint density at radius 1 is 1.25 bits per heavy atom. The van der Waals surface area contributed by atoms with Crippen LogP contribution in [0.1, 0.15) is 51.4 Å². The zero-order valence-electron chi connectivity index (χ0n) is 15.3. The fourth-order valence-corrected chi connectivity index (χ4v) is 4.56. The Bertz CT molecular complexity index is 401. The summed E-state index contributed by atoms with van der Waals surface area (Å²) in [6, 6.07) is 0. The molecule has 24 heavy (non-hydrogen) atoms. The van der Waals surface area contributed by atoms with E-state index in [0.717, 1.165) is 52.1 Å². The first kappa shape index (κ1) is 18.2. The van der Waals surface area contributed by atoms with Crippen molar-refractivity contribution in [2.24, 2.45) is 5.41 Å².